The van der Waals surface area contributed by atoms with Gasteiger partial charge in [0, 0.05) is 11.5 Å². The highest BCUT2D eigenvalue weighted by Crippen LogP contribution is 2.33. The van der Waals surface area contributed by atoms with Crippen LogP contribution in [0.25, 0.3) is 0 Å². The lowest BCUT2D eigenvalue weighted by atomic mass is 9.93. The molecule has 152 valence electrons. The van der Waals surface area contributed by atoms with Crippen LogP contribution in [0.3, 0.4) is 0 Å². The Hall–Kier alpha value is -2.54. The number of nitrogens with one attached hydrogen (secondary N) is 3. The van der Waals surface area contributed by atoms with E-state index in [4.69, 9.17) is 9.47 Å². The number of likely N-dealkylation sites (tertiary alicyclic amines) is 1. The molecule has 0 radical (unpaired) electrons. The Morgan fingerprint density at radius 2 is 2.11 bits per heavy atom. The van der Waals surface area contributed by atoms with Crippen molar-refractivity contribution >= 4 is 12.0 Å². The van der Waals surface area contributed by atoms with Crippen LogP contribution in [0, 0.1) is 5.92 Å². The van der Waals surface area contributed by atoms with E-state index in [0.29, 0.717) is 29.5 Å². The zero-order valence-corrected chi connectivity index (χ0v) is 16.8. The number of rotatable bonds is 6. The van der Waals surface area contributed by atoms with Crippen LogP contribution in [0.4, 0.5) is 4.79 Å². The lowest BCUT2D eigenvalue weighted by molar-refractivity contribution is -0.904. The number of hydrogen-bond donors (Lipinski definition) is 3. The zero-order valence-electron chi connectivity index (χ0n) is 16.8. The van der Waals surface area contributed by atoms with Gasteiger partial charge in [-0.25, -0.2) is 9.59 Å². The van der Waals surface area contributed by atoms with Gasteiger partial charge in [-0.05, 0) is 25.8 Å². The summed E-state index contributed by atoms with van der Waals surface area (Å²) >= 11 is 0. The number of quaternary nitrogens is 1. The minimum atomic E-state index is -0.611. The van der Waals surface area contributed by atoms with Gasteiger partial charge in [0.25, 0.3) is 0 Å². The van der Waals surface area contributed by atoms with E-state index in [1.165, 1.54) is 11.3 Å². The number of para-hydroxylation sites is 1. The molecule has 2 heterocycles. The molecule has 1 aromatic carbocycles. The van der Waals surface area contributed by atoms with Crippen molar-refractivity contribution in [3.63, 3.8) is 0 Å². The summed E-state index contributed by atoms with van der Waals surface area (Å²) in [4.78, 5) is 26.7. The minimum Gasteiger partial charge on any atom is -0.496 e. The summed E-state index contributed by atoms with van der Waals surface area (Å²) in [6, 6.07) is 6.49. The molecular weight excluding hydrogens is 358 g/mol. The van der Waals surface area contributed by atoms with Gasteiger partial charge in [-0.2, -0.15) is 0 Å². The van der Waals surface area contributed by atoms with Crippen LogP contribution in [0.15, 0.2) is 35.5 Å². The van der Waals surface area contributed by atoms with Crippen molar-refractivity contribution in [2.75, 3.05) is 33.4 Å². The van der Waals surface area contributed by atoms with E-state index in [0.717, 1.165) is 25.1 Å². The first-order valence-electron chi connectivity index (χ1n) is 9.97. The molecule has 0 aliphatic carbocycles. The third-order valence-corrected chi connectivity index (χ3v) is 5.39. The number of ether oxygens (including phenoxy) is 2. The van der Waals surface area contributed by atoms with E-state index >= 15 is 0 Å². The first kappa shape index (κ1) is 20.2. The van der Waals surface area contributed by atoms with Gasteiger partial charge in [-0.3, -0.25) is 0 Å². The van der Waals surface area contributed by atoms with Gasteiger partial charge in [0.15, 0.2) is 0 Å². The summed E-state index contributed by atoms with van der Waals surface area (Å²) in [6.45, 7) is 6.96. The lowest BCUT2D eigenvalue weighted by Gasteiger charge is -2.33. The largest absolute Gasteiger partial charge is 0.496 e. The molecule has 7 nitrogen and oxygen atoms in total. The average Bonchev–Trinajstić information content (AvgIpc) is 2.67. The molecule has 1 aromatic rings. The second-order valence-corrected chi connectivity index (χ2v) is 7.51. The predicted molar refractivity (Wildman–Crippen MR) is 105 cm³/mol. The van der Waals surface area contributed by atoms with Gasteiger partial charge < -0.3 is 25.0 Å². The summed E-state index contributed by atoms with van der Waals surface area (Å²) in [6.07, 6.45) is 2.38. The van der Waals surface area contributed by atoms with Gasteiger partial charge in [0.05, 0.1) is 44.1 Å². The number of carbonyl (C=O) groups excluding carboxylic acids is 2. The van der Waals surface area contributed by atoms with Gasteiger partial charge >= 0.3 is 12.0 Å². The van der Waals surface area contributed by atoms with Crippen molar-refractivity contribution in [2.45, 2.75) is 32.7 Å². The molecule has 3 rings (SSSR count). The molecule has 0 saturated carbocycles. The van der Waals surface area contributed by atoms with Gasteiger partial charge in [0.1, 0.15) is 12.3 Å². The monoisotopic (exact) mass is 388 g/mol. The fourth-order valence-corrected chi connectivity index (χ4v) is 4.15. The Labute approximate surface area is 166 Å². The van der Waals surface area contributed by atoms with E-state index in [-0.39, 0.29) is 12.6 Å². The Morgan fingerprint density at radius 1 is 1.32 bits per heavy atom. The molecule has 2 aliphatic rings. The summed E-state index contributed by atoms with van der Waals surface area (Å²) in [5.41, 5.74) is 1.83. The number of amides is 2. The molecule has 0 bridgehead atoms. The molecule has 2 aliphatic heterocycles. The molecule has 3 N–H and O–H groups in total. The Bertz CT molecular complexity index is 762. The molecule has 28 heavy (non-hydrogen) atoms. The lowest BCUT2D eigenvalue weighted by Crippen LogP contribution is -3.14. The smallest absolute Gasteiger partial charge is 0.338 e. The Morgan fingerprint density at radius 3 is 2.82 bits per heavy atom. The SMILES string of the molecule is CCOC(=O)C1=C(C[NH+]2CCC[C@H](C)C2)NC(=O)N[C@@H]1c1ccccc1OC. The maximum absolute atomic E-state index is 12.9. The van der Waals surface area contributed by atoms with Crippen molar-refractivity contribution in [3.8, 4) is 5.75 Å². The molecule has 1 unspecified atom stereocenters. The topological polar surface area (TPSA) is 81.1 Å². The second-order valence-electron chi connectivity index (χ2n) is 7.51. The number of piperidine rings is 1. The summed E-state index contributed by atoms with van der Waals surface area (Å²) in [7, 11) is 1.58. The van der Waals surface area contributed by atoms with E-state index in [9.17, 15) is 9.59 Å². The minimum absolute atomic E-state index is 0.274. The third kappa shape index (κ3) is 4.47. The average molecular weight is 388 g/mol. The molecule has 0 spiro atoms. The highest BCUT2D eigenvalue weighted by Gasteiger charge is 2.37. The highest BCUT2D eigenvalue weighted by molar-refractivity contribution is 5.95. The van der Waals surface area contributed by atoms with Crippen LogP contribution in [-0.2, 0) is 9.53 Å². The van der Waals surface area contributed by atoms with Crippen LogP contribution in [0.5, 0.6) is 5.75 Å². The number of urea groups is 1. The van der Waals surface area contributed by atoms with Crippen molar-refractivity contribution in [1.29, 1.82) is 0 Å². The molecule has 7 heteroatoms. The number of carbonyl (C=O) groups is 2. The van der Waals surface area contributed by atoms with Crippen molar-refractivity contribution in [1.82, 2.24) is 10.6 Å². The Balaban J connectivity index is 2.01. The normalized spacial score (nSPS) is 25.0. The molecule has 1 fully saturated rings. The summed E-state index contributed by atoms with van der Waals surface area (Å²) in [5, 5.41) is 5.75. The van der Waals surface area contributed by atoms with Crippen LogP contribution in [0.2, 0.25) is 0 Å². The number of methoxy groups -OCH3 is 1. The van der Waals surface area contributed by atoms with E-state index in [1.54, 1.807) is 14.0 Å². The first-order chi connectivity index (χ1) is 13.5. The van der Waals surface area contributed by atoms with Crippen LogP contribution < -0.4 is 20.3 Å². The van der Waals surface area contributed by atoms with Gasteiger partial charge in [0.2, 0.25) is 0 Å². The molecular formula is C21H30N3O4+. The van der Waals surface area contributed by atoms with E-state index in [2.05, 4.69) is 17.6 Å². The molecule has 1 saturated heterocycles. The fraction of sp³-hybridized carbons (Fsp3) is 0.524. The summed E-state index contributed by atoms with van der Waals surface area (Å²) in [5.74, 6) is 0.845. The molecule has 3 atom stereocenters. The standard InChI is InChI=1S/C21H29N3O4/c1-4-28-20(25)18-16(13-24-11-7-8-14(2)12-24)22-21(26)23-19(18)15-9-5-6-10-17(15)27-3/h5-6,9-10,14,19H,4,7-8,11-13H2,1-3H3,(H2,22,23,26)/p+1/t14-,19+/m0/s1. The third-order valence-electron chi connectivity index (χ3n) is 5.39. The number of benzene rings is 1. The van der Waals surface area contributed by atoms with Crippen LogP contribution in [0.1, 0.15) is 38.3 Å². The van der Waals surface area contributed by atoms with Crippen molar-refractivity contribution in [3.05, 3.63) is 41.1 Å². The van der Waals surface area contributed by atoms with E-state index in [1.807, 2.05) is 24.3 Å². The van der Waals surface area contributed by atoms with Crippen molar-refractivity contribution in [2.24, 2.45) is 5.92 Å². The Kier molecular flexibility index (Phi) is 6.57. The van der Waals surface area contributed by atoms with Gasteiger partial charge in [-0.1, -0.05) is 25.1 Å². The maximum Gasteiger partial charge on any atom is 0.338 e. The molecule has 2 amide bonds. The first-order valence-corrected chi connectivity index (χ1v) is 9.97. The number of esters is 1. The quantitative estimate of drug-likeness (QED) is 0.640. The fourth-order valence-electron chi connectivity index (χ4n) is 4.15. The zero-order chi connectivity index (χ0) is 20.1. The maximum atomic E-state index is 12.9. The second kappa shape index (κ2) is 9.10. The molecule has 0 aromatic heterocycles. The number of hydrogen-bond acceptors (Lipinski definition) is 4. The van der Waals surface area contributed by atoms with Crippen LogP contribution in [-0.4, -0.2) is 45.4 Å². The highest BCUT2D eigenvalue weighted by atomic mass is 16.5. The summed E-state index contributed by atoms with van der Waals surface area (Å²) < 4.78 is 10.8. The van der Waals surface area contributed by atoms with Crippen molar-refractivity contribution < 1.29 is 24.0 Å². The predicted octanol–water partition coefficient (Wildman–Crippen LogP) is 1.18. The van der Waals surface area contributed by atoms with Gasteiger partial charge in [-0.15, -0.1) is 0 Å². The van der Waals surface area contributed by atoms with E-state index < -0.39 is 12.0 Å². The van der Waals surface area contributed by atoms with Crippen LogP contribution >= 0.6 is 0 Å².